The summed E-state index contributed by atoms with van der Waals surface area (Å²) in [5.41, 5.74) is 2.01. The minimum absolute atomic E-state index is 0.00656. The monoisotopic (exact) mass is 314 g/mol. The van der Waals surface area contributed by atoms with E-state index in [1.165, 1.54) is 0 Å². The fraction of sp³-hybridized carbons (Fsp3) is 0.333. The molecule has 0 aliphatic heterocycles. The van der Waals surface area contributed by atoms with Gasteiger partial charge in [-0.3, -0.25) is 4.79 Å². The van der Waals surface area contributed by atoms with Gasteiger partial charge in [0.1, 0.15) is 5.75 Å². The second kappa shape index (κ2) is 8.78. The topological polar surface area (TPSA) is 60.5 Å². The van der Waals surface area contributed by atoms with Crippen molar-refractivity contribution >= 4 is 5.91 Å². The van der Waals surface area contributed by atoms with E-state index in [2.05, 4.69) is 10.3 Å². The smallest absolute Gasteiger partial charge is 0.220 e. The molecule has 1 heterocycles. The third-order valence-electron chi connectivity index (χ3n) is 3.39. The lowest BCUT2D eigenvalue weighted by atomic mass is 10.1. The molecular formula is C18H22N2O3. The third kappa shape index (κ3) is 5.29. The van der Waals surface area contributed by atoms with Crippen LogP contribution in [0.4, 0.5) is 0 Å². The van der Waals surface area contributed by atoms with Crippen LogP contribution in [0.3, 0.4) is 0 Å². The Morgan fingerprint density at radius 1 is 1.26 bits per heavy atom. The van der Waals surface area contributed by atoms with Gasteiger partial charge in [-0.1, -0.05) is 18.2 Å². The molecule has 0 saturated carbocycles. The number of hydrogen-bond acceptors (Lipinski definition) is 4. The summed E-state index contributed by atoms with van der Waals surface area (Å²) in [5.74, 6) is 1.40. The van der Waals surface area contributed by atoms with E-state index >= 15 is 0 Å². The molecule has 2 rings (SSSR count). The van der Waals surface area contributed by atoms with Gasteiger partial charge >= 0.3 is 0 Å². The summed E-state index contributed by atoms with van der Waals surface area (Å²) in [6.07, 6.45) is 2.74. The lowest BCUT2D eigenvalue weighted by Gasteiger charge is -2.10. The highest BCUT2D eigenvalue weighted by Crippen LogP contribution is 2.19. The van der Waals surface area contributed by atoms with Crippen LogP contribution in [-0.2, 0) is 17.8 Å². The number of benzene rings is 1. The molecule has 1 aromatic heterocycles. The molecule has 5 nitrogen and oxygen atoms in total. The lowest BCUT2D eigenvalue weighted by Crippen LogP contribution is -2.23. The molecule has 0 radical (unpaired) electrons. The van der Waals surface area contributed by atoms with Crippen molar-refractivity contribution in [1.82, 2.24) is 10.3 Å². The van der Waals surface area contributed by atoms with Gasteiger partial charge in [0, 0.05) is 25.2 Å². The minimum Gasteiger partial charge on any atom is -0.494 e. The average molecular weight is 314 g/mol. The molecule has 1 amide bonds. The van der Waals surface area contributed by atoms with Crippen molar-refractivity contribution in [3.63, 3.8) is 0 Å². The number of ether oxygens (including phenoxy) is 2. The van der Waals surface area contributed by atoms with Crippen molar-refractivity contribution in [3.8, 4) is 11.6 Å². The fourth-order valence-corrected chi connectivity index (χ4v) is 2.22. The molecule has 0 bridgehead atoms. The average Bonchev–Trinajstić information content (AvgIpc) is 2.59. The Morgan fingerprint density at radius 2 is 2.09 bits per heavy atom. The Labute approximate surface area is 136 Å². The summed E-state index contributed by atoms with van der Waals surface area (Å²) in [7, 11) is 1.57. The molecule has 0 unspecified atom stereocenters. The first-order valence-electron chi connectivity index (χ1n) is 7.69. The van der Waals surface area contributed by atoms with Gasteiger partial charge in [-0.15, -0.1) is 0 Å². The van der Waals surface area contributed by atoms with Gasteiger partial charge in [-0.25, -0.2) is 4.98 Å². The molecule has 5 heteroatoms. The van der Waals surface area contributed by atoms with Crippen LogP contribution in [0.15, 0.2) is 42.6 Å². The number of methoxy groups -OCH3 is 1. The zero-order valence-electron chi connectivity index (χ0n) is 13.5. The van der Waals surface area contributed by atoms with Gasteiger partial charge in [-0.05, 0) is 36.6 Å². The van der Waals surface area contributed by atoms with Crippen molar-refractivity contribution in [3.05, 3.63) is 53.7 Å². The summed E-state index contributed by atoms with van der Waals surface area (Å²) in [6.45, 7) is 3.03. The van der Waals surface area contributed by atoms with Crippen molar-refractivity contribution < 1.29 is 14.3 Å². The van der Waals surface area contributed by atoms with E-state index in [1.807, 2.05) is 43.3 Å². The maximum atomic E-state index is 12.0. The van der Waals surface area contributed by atoms with E-state index in [-0.39, 0.29) is 5.91 Å². The number of amides is 1. The Morgan fingerprint density at radius 3 is 2.87 bits per heavy atom. The number of carbonyl (C=O) groups excluding carboxylic acids is 1. The Bertz CT molecular complexity index is 644. The van der Waals surface area contributed by atoms with E-state index in [9.17, 15) is 4.79 Å². The Kier molecular flexibility index (Phi) is 6.41. The van der Waals surface area contributed by atoms with Gasteiger partial charge in [0.15, 0.2) is 0 Å². The molecule has 2 aromatic rings. The maximum Gasteiger partial charge on any atom is 0.220 e. The molecule has 0 aliphatic rings. The minimum atomic E-state index is 0.00656. The molecule has 0 spiro atoms. The van der Waals surface area contributed by atoms with Crippen LogP contribution < -0.4 is 14.8 Å². The van der Waals surface area contributed by atoms with Crippen molar-refractivity contribution in [2.75, 3.05) is 13.7 Å². The van der Waals surface area contributed by atoms with Crippen LogP contribution in [0.2, 0.25) is 0 Å². The predicted octanol–water partition coefficient (Wildman–Crippen LogP) is 2.74. The highest BCUT2D eigenvalue weighted by atomic mass is 16.5. The summed E-state index contributed by atoms with van der Waals surface area (Å²) in [6, 6.07) is 11.5. The normalized spacial score (nSPS) is 10.2. The predicted molar refractivity (Wildman–Crippen MR) is 88.6 cm³/mol. The number of nitrogens with one attached hydrogen (secondary N) is 1. The van der Waals surface area contributed by atoms with E-state index in [0.717, 1.165) is 16.9 Å². The molecule has 1 aromatic carbocycles. The van der Waals surface area contributed by atoms with Crippen LogP contribution in [-0.4, -0.2) is 24.6 Å². The van der Waals surface area contributed by atoms with Crippen molar-refractivity contribution in [2.24, 2.45) is 0 Å². The van der Waals surface area contributed by atoms with Crippen LogP contribution in [0.25, 0.3) is 0 Å². The number of nitrogens with zero attached hydrogens (tertiary/aromatic N) is 1. The van der Waals surface area contributed by atoms with E-state index in [4.69, 9.17) is 9.47 Å². The Hall–Kier alpha value is -2.56. The number of para-hydroxylation sites is 1. The quantitative estimate of drug-likeness (QED) is 0.814. The summed E-state index contributed by atoms with van der Waals surface area (Å²) in [5, 5.41) is 2.91. The molecule has 0 saturated heterocycles. The molecule has 0 aliphatic carbocycles. The second-order valence-corrected chi connectivity index (χ2v) is 5.02. The molecule has 23 heavy (non-hydrogen) atoms. The largest absolute Gasteiger partial charge is 0.494 e. The summed E-state index contributed by atoms with van der Waals surface area (Å²) < 4.78 is 10.6. The molecule has 122 valence electrons. The fourth-order valence-electron chi connectivity index (χ4n) is 2.22. The van der Waals surface area contributed by atoms with Crippen molar-refractivity contribution in [1.29, 1.82) is 0 Å². The van der Waals surface area contributed by atoms with Crippen LogP contribution in [0.5, 0.6) is 11.6 Å². The first-order chi connectivity index (χ1) is 11.2. The zero-order chi connectivity index (χ0) is 16.5. The highest BCUT2D eigenvalue weighted by molar-refractivity contribution is 5.76. The number of rotatable bonds is 8. The molecule has 0 atom stereocenters. The number of carbonyl (C=O) groups is 1. The Balaban J connectivity index is 1.83. The highest BCUT2D eigenvalue weighted by Gasteiger charge is 2.07. The van der Waals surface area contributed by atoms with E-state index in [0.29, 0.717) is 31.9 Å². The molecular weight excluding hydrogens is 292 g/mol. The standard InChI is InChI=1S/C18H22N2O3/c1-3-23-16-7-5-4-6-15(16)8-9-17(21)20-13-14-10-11-19-18(12-14)22-2/h4-7,10-12H,3,8-9,13H2,1-2H3,(H,20,21). The molecule has 1 N–H and O–H groups in total. The summed E-state index contributed by atoms with van der Waals surface area (Å²) >= 11 is 0. The van der Waals surface area contributed by atoms with Crippen molar-refractivity contribution in [2.45, 2.75) is 26.3 Å². The third-order valence-corrected chi connectivity index (χ3v) is 3.39. The number of pyridine rings is 1. The van der Waals surface area contributed by atoms with Crippen LogP contribution in [0.1, 0.15) is 24.5 Å². The van der Waals surface area contributed by atoms with E-state index in [1.54, 1.807) is 13.3 Å². The van der Waals surface area contributed by atoms with Gasteiger partial charge in [0.05, 0.1) is 13.7 Å². The summed E-state index contributed by atoms with van der Waals surface area (Å²) in [4.78, 5) is 16.1. The zero-order valence-corrected chi connectivity index (χ0v) is 13.5. The van der Waals surface area contributed by atoms with Gasteiger partial charge in [0.25, 0.3) is 0 Å². The van der Waals surface area contributed by atoms with Gasteiger partial charge in [-0.2, -0.15) is 0 Å². The van der Waals surface area contributed by atoms with Gasteiger partial charge < -0.3 is 14.8 Å². The van der Waals surface area contributed by atoms with Crippen LogP contribution in [0, 0.1) is 0 Å². The SMILES string of the molecule is CCOc1ccccc1CCC(=O)NCc1ccnc(OC)c1. The van der Waals surface area contributed by atoms with Gasteiger partial charge in [0.2, 0.25) is 11.8 Å². The number of aromatic nitrogens is 1. The first-order valence-corrected chi connectivity index (χ1v) is 7.69. The lowest BCUT2D eigenvalue weighted by molar-refractivity contribution is -0.121. The molecule has 0 fully saturated rings. The number of hydrogen-bond donors (Lipinski definition) is 1. The first kappa shape index (κ1) is 16.8. The second-order valence-electron chi connectivity index (χ2n) is 5.02. The van der Waals surface area contributed by atoms with Crippen LogP contribution >= 0.6 is 0 Å². The van der Waals surface area contributed by atoms with E-state index < -0.39 is 0 Å². The maximum absolute atomic E-state index is 12.0. The number of aryl methyl sites for hydroxylation is 1.